The van der Waals surface area contributed by atoms with E-state index in [9.17, 15) is 9.90 Å². The van der Waals surface area contributed by atoms with Crippen LogP contribution in [0.15, 0.2) is 18.3 Å². The van der Waals surface area contributed by atoms with Crippen molar-refractivity contribution in [3.05, 3.63) is 23.9 Å². The highest BCUT2D eigenvalue weighted by Gasteiger charge is 2.25. The lowest BCUT2D eigenvalue weighted by Gasteiger charge is -2.31. The third kappa shape index (κ3) is 3.35. The van der Waals surface area contributed by atoms with Crippen molar-refractivity contribution in [2.75, 3.05) is 19.7 Å². The van der Waals surface area contributed by atoms with E-state index in [1.165, 1.54) is 4.90 Å². The lowest BCUT2D eigenvalue weighted by Crippen LogP contribution is -2.43. The minimum absolute atomic E-state index is 0.0195. The van der Waals surface area contributed by atoms with Crippen LogP contribution < -0.4 is 4.74 Å². The third-order valence-corrected chi connectivity index (χ3v) is 5.26. The van der Waals surface area contributed by atoms with Crippen LogP contribution in [0.5, 0.6) is 5.75 Å². The highest BCUT2D eigenvalue weighted by molar-refractivity contribution is 5.81. The maximum atomic E-state index is 11.2. The number of ether oxygens (including phenoxy) is 2. The van der Waals surface area contributed by atoms with Gasteiger partial charge in [0.05, 0.1) is 18.3 Å². The van der Waals surface area contributed by atoms with Crippen LogP contribution in [-0.2, 0) is 4.74 Å². The first-order valence-electron chi connectivity index (χ1n) is 9.36. The fraction of sp³-hybridized carbons (Fsp3) is 0.579. The number of piperidine rings is 1. The largest absolute Gasteiger partial charge is 0.488 e. The van der Waals surface area contributed by atoms with Gasteiger partial charge in [0.1, 0.15) is 11.9 Å². The summed E-state index contributed by atoms with van der Waals surface area (Å²) in [6.07, 6.45) is 5.77. The van der Waals surface area contributed by atoms with Gasteiger partial charge in [0.25, 0.3) is 0 Å². The van der Waals surface area contributed by atoms with Crippen molar-refractivity contribution >= 4 is 17.0 Å². The van der Waals surface area contributed by atoms with Gasteiger partial charge in [0, 0.05) is 24.6 Å². The molecule has 140 valence electrons. The van der Waals surface area contributed by atoms with Crippen LogP contribution in [0, 0.1) is 6.92 Å². The standard InChI is InChI=1S/C19H25N3O4/c1-13-9-14-11-20-22(18-6-2-3-8-25-18)16(14)10-17(13)26-15-5-4-7-21(12-15)19(23)24/h9-11,15,18H,2-8,12H2,1H3,(H,23,24). The molecule has 7 heteroatoms. The number of likely N-dealkylation sites (tertiary alicyclic amines) is 1. The first kappa shape index (κ1) is 17.1. The molecule has 1 N–H and O–H groups in total. The van der Waals surface area contributed by atoms with Gasteiger partial charge in [-0.25, -0.2) is 9.48 Å². The zero-order valence-corrected chi connectivity index (χ0v) is 15.1. The summed E-state index contributed by atoms with van der Waals surface area (Å²) >= 11 is 0. The van der Waals surface area contributed by atoms with Gasteiger partial charge in [0.2, 0.25) is 0 Å². The number of rotatable bonds is 3. The van der Waals surface area contributed by atoms with Gasteiger partial charge in [-0.15, -0.1) is 0 Å². The number of hydrogen-bond donors (Lipinski definition) is 1. The van der Waals surface area contributed by atoms with Crippen LogP contribution in [0.2, 0.25) is 0 Å². The fourth-order valence-electron chi connectivity index (χ4n) is 3.85. The maximum Gasteiger partial charge on any atom is 0.407 e. The van der Waals surface area contributed by atoms with Crippen molar-refractivity contribution < 1.29 is 19.4 Å². The maximum absolute atomic E-state index is 11.2. The summed E-state index contributed by atoms with van der Waals surface area (Å²) in [5.74, 6) is 0.798. The monoisotopic (exact) mass is 359 g/mol. The van der Waals surface area contributed by atoms with Crippen LogP contribution in [-0.4, -0.2) is 51.7 Å². The third-order valence-electron chi connectivity index (χ3n) is 5.26. The molecule has 2 unspecified atom stereocenters. The van der Waals surface area contributed by atoms with E-state index in [2.05, 4.69) is 11.2 Å². The minimum Gasteiger partial charge on any atom is -0.488 e. The Kier molecular flexibility index (Phi) is 4.72. The SMILES string of the molecule is Cc1cc2cnn(C3CCCCO3)c2cc1OC1CCCN(C(=O)O)C1. The number of aryl methyl sites for hydroxylation is 1. The summed E-state index contributed by atoms with van der Waals surface area (Å²) in [6.45, 7) is 3.78. The Morgan fingerprint density at radius 2 is 2.19 bits per heavy atom. The molecule has 2 aromatic rings. The van der Waals surface area contributed by atoms with Crippen molar-refractivity contribution in [3.63, 3.8) is 0 Å². The lowest BCUT2D eigenvalue weighted by molar-refractivity contribution is -0.0367. The molecule has 3 heterocycles. The van der Waals surface area contributed by atoms with E-state index >= 15 is 0 Å². The van der Waals surface area contributed by atoms with Gasteiger partial charge < -0.3 is 19.5 Å². The van der Waals surface area contributed by atoms with E-state index in [0.29, 0.717) is 13.1 Å². The van der Waals surface area contributed by atoms with Gasteiger partial charge in [-0.3, -0.25) is 0 Å². The second kappa shape index (κ2) is 7.15. The molecule has 26 heavy (non-hydrogen) atoms. The molecular formula is C19H25N3O4. The quantitative estimate of drug-likeness (QED) is 0.907. The molecule has 2 aliphatic rings. The highest BCUT2D eigenvalue weighted by atomic mass is 16.5. The van der Waals surface area contributed by atoms with Crippen molar-refractivity contribution in [2.45, 2.75) is 51.4 Å². The molecule has 2 atom stereocenters. The van der Waals surface area contributed by atoms with Crippen LogP contribution in [0.25, 0.3) is 10.9 Å². The van der Waals surface area contributed by atoms with Crippen molar-refractivity contribution in [1.29, 1.82) is 0 Å². The Hall–Kier alpha value is -2.28. The first-order valence-corrected chi connectivity index (χ1v) is 9.36. The Balaban J connectivity index is 1.58. The Bertz CT molecular complexity index is 797. The molecule has 2 saturated heterocycles. The molecule has 2 aliphatic heterocycles. The molecule has 1 aromatic carbocycles. The number of hydrogen-bond acceptors (Lipinski definition) is 4. The average molecular weight is 359 g/mol. The van der Waals surface area contributed by atoms with Gasteiger partial charge in [-0.2, -0.15) is 5.10 Å². The smallest absolute Gasteiger partial charge is 0.407 e. The summed E-state index contributed by atoms with van der Waals surface area (Å²) in [4.78, 5) is 12.7. The van der Waals surface area contributed by atoms with E-state index in [1.807, 2.05) is 23.9 Å². The molecule has 0 saturated carbocycles. The summed E-state index contributed by atoms with van der Waals surface area (Å²) in [5, 5.41) is 14.8. The number of amides is 1. The lowest BCUT2D eigenvalue weighted by atomic mass is 10.1. The highest BCUT2D eigenvalue weighted by Crippen LogP contribution is 2.31. The summed E-state index contributed by atoms with van der Waals surface area (Å²) in [5.41, 5.74) is 2.04. The first-order chi connectivity index (χ1) is 12.6. The summed E-state index contributed by atoms with van der Waals surface area (Å²) in [6, 6.07) is 4.10. The predicted octanol–water partition coefficient (Wildman–Crippen LogP) is 3.57. The molecule has 0 bridgehead atoms. The summed E-state index contributed by atoms with van der Waals surface area (Å²) in [7, 11) is 0. The van der Waals surface area contributed by atoms with Crippen LogP contribution in [0.1, 0.15) is 43.9 Å². The Morgan fingerprint density at radius 1 is 1.31 bits per heavy atom. The number of nitrogens with zero attached hydrogens (tertiary/aromatic N) is 3. The molecule has 1 aromatic heterocycles. The topological polar surface area (TPSA) is 76.8 Å². The number of benzene rings is 1. The van der Waals surface area contributed by atoms with Crippen LogP contribution in [0.3, 0.4) is 0 Å². The van der Waals surface area contributed by atoms with Crippen LogP contribution >= 0.6 is 0 Å². The zero-order chi connectivity index (χ0) is 18.1. The minimum atomic E-state index is -0.877. The fourth-order valence-corrected chi connectivity index (χ4v) is 3.85. The number of aromatic nitrogens is 2. The van der Waals surface area contributed by atoms with Gasteiger partial charge >= 0.3 is 6.09 Å². The van der Waals surface area contributed by atoms with Crippen molar-refractivity contribution in [3.8, 4) is 5.75 Å². The average Bonchev–Trinajstić information content (AvgIpc) is 3.05. The van der Waals surface area contributed by atoms with Crippen LogP contribution in [0.4, 0.5) is 4.79 Å². The molecule has 4 rings (SSSR count). The molecule has 7 nitrogen and oxygen atoms in total. The predicted molar refractivity (Wildman–Crippen MR) is 96.6 cm³/mol. The molecule has 0 radical (unpaired) electrons. The van der Waals surface area contributed by atoms with E-state index in [0.717, 1.165) is 60.9 Å². The van der Waals surface area contributed by atoms with Gasteiger partial charge in [-0.1, -0.05) is 0 Å². The Morgan fingerprint density at radius 3 is 2.96 bits per heavy atom. The van der Waals surface area contributed by atoms with Gasteiger partial charge in [0.15, 0.2) is 6.23 Å². The number of fused-ring (bicyclic) bond motifs is 1. The van der Waals surface area contributed by atoms with E-state index < -0.39 is 6.09 Å². The van der Waals surface area contributed by atoms with E-state index in [-0.39, 0.29) is 12.3 Å². The second-order valence-corrected chi connectivity index (χ2v) is 7.20. The molecule has 1 amide bonds. The number of carboxylic acid groups (broad SMARTS) is 1. The normalized spacial score (nSPS) is 24.0. The molecular weight excluding hydrogens is 334 g/mol. The molecule has 0 spiro atoms. The van der Waals surface area contributed by atoms with E-state index in [1.54, 1.807) is 0 Å². The summed E-state index contributed by atoms with van der Waals surface area (Å²) < 4.78 is 14.0. The zero-order valence-electron chi connectivity index (χ0n) is 15.1. The Labute approximate surface area is 152 Å². The van der Waals surface area contributed by atoms with Crippen molar-refractivity contribution in [1.82, 2.24) is 14.7 Å². The number of carbonyl (C=O) groups is 1. The van der Waals surface area contributed by atoms with E-state index in [4.69, 9.17) is 9.47 Å². The van der Waals surface area contributed by atoms with Gasteiger partial charge in [-0.05, 0) is 50.7 Å². The molecule has 2 fully saturated rings. The second-order valence-electron chi connectivity index (χ2n) is 7.20. The van der Waals surface area contributed by atoms with Crippen molar-refractivity contribution in [2.24, 2.45) is 0 Å². The molecule has 0 aliphatic carbocycles.